The summed E-state index contributed by atoms with van der Waals surface area (Å²) >= 11 is 0. The van der Waals surface area contributed by atoms with Crippen molar-refractivity contribution in [2.24, 2.45) is 0 Å². The maximum atomic E-state index is 12.6. The van der Waals surface area contributed by atoms with E-state index in [2.05, 4.69) is 26.2 Å². The molecule has 0 spiro atoms. The third-order valence-electron chi connectivity index (χ3n) is 6.13. The lowest BCUT2D eigenvalue weighted by atomic mass is 10.1. The topological polar surface area (TPSA) is 74.8 Å². The molecule has 7 nitrogen and oxygen atoms in total. The molecule has 0 unspecified atom stereocenters. The zero-order valence-corrected chi connectivity index (χ0v) is 20.6. The number of carbonyl (C=O) groups excluding carboxylic acids is 2. The molecule has 4 rings (SSSR count). The fourth-order valence-electron chi connectivity index (χ4n) is 4.12. The van der Waals surface area contributed by atoms with Crippen LogP contribution in [0.5, 0.6) is 0 Å². The molecule has 2 heterocycles. The van der Waals surface area contributed by atoms with Crippen molar-refractivity contribution >= 4 is 23.6 Å². The van der Waals surface area contributed by atoms with Crippen molar-refractivity contribution < 1.29 is 14.3 Å². The highest BCUT2D eigenvalue weighted by Gasteiger charge is 2.17. The third-order valence-corrected chi connectivity index (χ3v) is 6.13. The molecule has 0 radical (unpaired) electrons. The van der Waals surface area contributed by atoms with Gasteiger partial charge in [-0.05, 0) is 60.0 Å². The van der Waals surface area contributed by atoms with E-state index in [9.17, 15) is 9.59 Å². The minimum absolute atomic E-state index is 0.103. The van der Waals surface area contributed by atoms with Crippen molar-refractivity contribution in [2.75, 3.05) is 37.7 Å². The minimum Gasteiger partial charge on any atom is -0.463 e. The van der Waals surface area contributed by atoms with Crippen LogP contribution in [0.15, 0.2) is 79.1 Å². The Kier molecular flexibility index (Phi) is 8.83. The predicted molar refractivity (Wildman–Crippen MR) is 141 cm³/mol. The first-order valence-electron chi connectivity index (χ1n) is 12.3. The molecule has 36 heavy (non-hydrogen) atoms. The number of carbonyl (C=O) groups is 2. The van der Waals surface area contributed by atoms with Crippen LogP contribution in [0, 0.1) is 0 Å². The average Bonchev–Trinajstić information content (AvgIpc) is 2.92. The molecule has 1 N–H and O–H groups in total. The van der Waals surface area contributed by atoms with Crippen molar-refractivity contribution in [1.29, 1.82) is 0 Å². The molecule has 0 saturated carbocycles. The van der Waals surface area contributed by atoms with E-state index in [0.717, 1.165) is 49.5 Å². The third kappa shape index (κ3) is 7.26. The molecule has 2 aromatic carbocycles. The summed E-state index contributed by atoms with van der Waals surface area (Å²) < 4.78 is 4.88. The highest BCUT2D eigenvalue weighted by Crippen LogP contribution is 2.18. The molecule has 7 heteroatoms. The number of nitrogens with one attached hydrogen (secondary N) is 1. The molecule has 0 atom stereocenters. The normalized spacial score (nSPS) is 14.1. The van der Waals surface area contributed by atoms with Gasteiger partial charge in [0, 0.05) is 69.0 Å². The number of anilines is 1. The van der Waals surface area contributed by atoms with Gasteiger partial charge in [-0.15, -0.1) is 0 Å². The van der Waals surface area contributed by atoms with Crippen LogP contribution < -0.4 is 10.2 Å². The van der Waals surface area contributed by atoms with Gasteiger partial charge in [-0.1, -0.05) is 30.3 Å². The van der Waals surface area contributed by atoms with Crippen LogP contribution in [0.25, 0.3) is 6.08 Å². The van der Waals surface area contributed by atoms with Crippen LogP contribution in [0.3, 0.4) is 0 Å². The average molecular weight is 485 g/mol. The van der Waals surface area contributed by atoms with E-state index in [4.69, 9.17) is 4.74 Å². The van der Waals surface area contributed by atoms with Gasteiger partial charge in [-0.2, -0.15) is 0 Å². The number of hydrogen-bond acceptors (Lipinski definition) is 6. The number of aromatic nitrogens is 1. The first-order chi connectivity index (χ1) is 17.6. The largest absolute Gasteiger partial charge is 0.463 e. The lowest BCUT2D eigenvalue weighted by molar-refractivity contribution is -0.137. The lowest BCUT2D eigenvalue weighted by Crippen LogP contribution is -2.46. The Balaban J connectivity index is 1.23. The van der Waals surface area contributed by atoms with E-state index in [0.29, 0.717) is 18.7 Å². The molecule has 0 aliphatic carbocycles. The second-order valence-corrected chi connectivity index (χ2v) is 8.68. The summed E-state index contributed by atoms with van der Waals surface area (Å²) in [5, 5.41) is 2.97. The predicted octanol–water partition coefficient (Wildman–Crippen LogP) is 3.91. The Morgan fingerprint density at radius 1 is 0.972 bits per heavy atom. The van der Waals surface area contributed by atoms with Gasteiger partial charge >= 0.3 is 5.97 Å². The Bertz CT molecular complexity index is 1150. The van der Waals surface area contributed by atoms with Crippen LogP contribution in [-0.4, -0.2) is 54.5 Å². The Hall–Kier alpha value is -3.97. The number of amides is 1. The molecule has 3 aromatic rings. The number of nitrogens with zero attached hydrogens (tertiary/aromatic N) is 3. The van der Waals surface area contributed by atoms with Gasteiger partial charge in [-0.3, -0.25) is 14.7 Å². The maximum absolute atomic E-state index is 12.6. The second kappa shape index (κ2) is 12.7. The van der Waals surface area contributed by atoms with E-state index in [-0.39, 0.29) is 11.9 Å². The zero-order chi connectivity index (χ0) is 25.2. The van der Waals surface area contributed by atoms with E-state index >= 15 is 0 Å². The van der Waals surface area contributed by atoms with Crippen LogP contribution >= 0.6 is 0 Å². The van der Waals surface area contributed by atoms with Gasteiger partial charge in [-0.25, -0.2) is 4.79 Å². The molecule has 186 valence electrons. The summed E-state index contributed by atoms with van der Waals surface area (Å²) in [7, 11) is 0. The van der Waals surface area contributed by atoms with Gasteiger partial charge in [0.15, 0.2) is 0 Å². The number of piperazine rings is 1. The lowest BCUT2D eigenvalue weighted by Gasteiger charge is -2.36. The molecule has 1 aliphatic heterocycles. The quantitative estimate of drug-likeness (QED) is 0.367. The minimum atomic E-state index is -0.358. The monoisotopic (exact) mass is 484 g/mol. The molecule has 0 bridgehead atoms. The highest BCUT2D eigenvalue weighted by molar-refractivity contribution is 5.94. The molecular formula is C29H32N4O3. The summed E-state index contributed by atoms with van der Waals surface area (Å²) in [5.41, 5.74) is 4.90. The summed E-state index contributed by atoms with van der Waals surface area (Å²) in [6, 6.07) is 19.6. The van der Waals surface area contributed by atoms with Crippen molar-refractivity contribution in [3.63, 3.8) is 0 Å². The van der Waals surface area contributed by atoms with Crippen LogP contribution in [-0.2, 0) is 22.6 Å². The molecule has 1 saturated heterocycles. The highest BCUT2D eigenvalue weighted by atomic mass is 16.5. The van der Waals surface area contributed by atoms with E-state index in [1.165, 1.54) is 11.6 Å². The first-order valence-corrected chi connectivity index (χ1v) is 12.3. The smallest absolute Gasteiger partial charge is 0.330 e. The summed E-state index contributed by atoms with van der Waals surface area (Å²) in [6.07, 6.45) is 6.85. The number of ether oxygens (including phenoxy) is 1. The van der Waals surface area contributed by atoms with Crippen molar-refractivity contribution in [3.8, 4) is 0 Å². The standard InChI is InChI=1S/C29H32N4O3/c1-2-36-28(34)14-9-23-5-7-24(8-6-23)21-31-29(35)26-10-12-27(13-11-26)33-18-16-32(17-19-33)22-25-4-3-15-30-20-25/h3-15,20H,2,16-19,21-22H2,1H3,(H,31,35)/b14-9+. The summed E-state index contributed by atoms with van der Waals surface area (Å²) in [5.74, 6) is -0.461. The van der Waals surface area contributed by atoms with Crippen molar-refractivity contribution in [2.45, 2.75) is 20.0 Å². The van der Waals surface area contributed by atoms with Crippen molar-refractivity contribution in [1.82, 2.24) is 15.2 Å². The maximum Gasteiger partial charge on any atom is 0.330 e. The Morgan fingerprint density at radius 3 is 2.39 bits per heavy atom. The van der Waals surface area contributed by atoms with Crippen LogP contribution in [0.4, 0.5) is 5.69 Å². The van der Waals surface area contributed by atoms with E-state index in [1.54, 1.807) is 19.2 Å². The van der Waals surface area contributed by atoms with Crippen molar-refractivity contribution in [3.05, 3.63) is 101 Å². The van der Waals surface area contributed by atoms with E-state index < -0.39 is 0 Å². The number of rotatable bonds is 9. The first kappa shape index (κ1) is 25.1. The number of hydrogen-bond donors (Lipinski definition) is 1. The molecule has 1 amide bonds. The Labute approximate surface area is 212 Å². The second-order valence-electron chi connectivity index (χ2n) is 8.68. The van der Waals surface area contributed by atoms with Gasteiger partial charge in [0.1, 0.15) is 0 Å². The zero-order valence-electron chi connectivity index (χ0n) is 20.6. The van der Waals surface area contributed by atoms with Crippen LogP contribution in [0.1, 0.15) is 34.0 Å². The molecular weight excluding hydrogens is 452 g/mol. The van der Waals surface area contributed by atoms with Gasteiger partial charge in [0.2, 0.25) is 0 Å². The summed E-state index contributed by atoms with van der Waals surface area (Å²) in [4.78, 5) is 33.1. The fraction of sp³-hybridized carbons (Fsp3) is 0.276. The SMILES string of the molecule is CCOC(=O)/C=C/c1ccc(CNC(=O)c2ccc(N3CCN(Cc4cccnc4)CC3)cc2)cc1. The van der Waals surface area contributed by atoms with E-state index in [1.807, 2.05) is 60.8 Å². The molecule has 1 aliphatic rings. The van der Waals surface area contributed by atoms with Crippen LogP contribution in [0.2, 0.25) is 0 Å². The molecule has 1 fully saturated rings. The number of benzene rings is 2. The van der Waals surface area contributed by atoms with Gasteiger partial charge in [0.05, 0.1) is 6.61 Å². The number of esters is 1. The van der Waals surface area contributed by atoms with Gasteiger partial charge in [0.25, 0.3) is 5.91 Å². The van der Waals surface area contributed by atoms with Gasteiger partial charge < -0.3 is 15.0 Å². The fourth-order valence-corrected chi connectivity index (χ4v) is 4.12. The Morgan fingerprint density at radius 2 is 1.72 bits per heavy atom. The number of pyridine rings is 1. The summed E-state index contributed by atoms with van der Waals surface area (Å²) in [6.45, 7) is 7.39. The molecule has 1 aromatic heterocycles.